The molecule has 0 saturated heterocycles. The first kappa shape index (κ1) is 17.9. The maximum atomic E-state index is 5.60. The van der Waals surface area contributed by atoms with Gasteiger partial charge in [0.15, 0.2) is 17.3 Å². The third kappa shape index (κ3) is 3.03. The smallest absolute Gasteiger partial charge is 0.165 e. The highest BCUT2D eigenvalue weighted by molar-refractivity contribution is 6.08. The highest BCUT2D eigenvalue weighted by Crippen LogP contribution is 2.34. The van der Waals surface area contributed by atoms with Gasteiger partial charge in [-0.15, -0.1) is 6.58 Å². The molecule has 0 spiro atoms. The normalized spacial score (nSPS) is 10.9. The van der Waals surface area contributed by atoms with Crippen molar-refractivity contribution in [3.63, 3.8) is 0 Å². The quantitative estimate of drug-likeness (QED) is 0.488. The lowest BCUT2D eigenvalue weighted by molar-refractivity contribution is 0.351. The summed E-state index contributed by atoms with van der Waals surface area (Å²) in [5.74, 6) is 2.25. The topological polar surface area (TPSA) is 63.3 Å². The van der Waals surface area contributed by atoms with E-state index in [-0.39, 0.29) is 0 Å². The van der Waals surface area contributed by atoms with E-state index in [4.69, 9.17) is 9.47 Å². The Hall–Kier alpha value is -3.54. The van der Waals surface area contributed by atoms with Crippen LogP contribution in [-0.2, 0) is 6.54 Å². The zero-order chi connectivity index (χ0) is 19.5. The number of hydrogen-bond donors (Lipinski definition) is 1. The lowest BCUT2D eigenvalue weighted by Gasteiger charge is -2.24. The molecule has 0 aliphatic heterocycles. The number of nitrogens with one attached hydrogen (secondary N) is 1. The van der Waals surface area contributed by atoms with Crippen molar-refractivity contribution in [2.24, 2.45) is 0 Å². The van der Waals surface area contributed by atoms with Gasteiger partial charge in [0.1, 0.15) is 17.4 Å². The number of benzene rings is 2. The number of rotatable bonds is 7. The molecule has 0 bridgehead atoms. The summed E-state index contributed by atoms with van der Waals surface area (Å²) in [7, 11) is 3.29. The Bertz CT molecular complexity index is 1140. The Balaban J connectivity index is 1.82. The van der Waals surface area contributed by atoms with Crippen molar-refractivity contribution < 1.29 is 9.47 Å². The van der Waals surface area contributed by atoms with Crippen LogP contribution in [0.3, 0.4) is 0 Å². The highest BCUT2D eigenvalue weighted by Gasteiger charge is 2.18. The molecule has 0 unspecified atom stereocenters. The van der Waals surface area contributed by atoms with Crippen LogP contribution in [0.5, 0.6) is 11.5 Å². The Morgan fingerprint density at radius 2 is 1.93 bits per heavy atom. The molecule has 28 heavy (non-hydrogen) atoms. The van der Waals surface area contributed by atoms with Crippen LogP contribution in [0.4, 0.5) is 5.82 Å². The van der Waals surface area contributed by atoms with Crippen LogP contribution in [0.15, 0.2) is 61.4 Å². The van der Waals surface area contributed by atoms with Crippen LogP contribution in [0.2, 0.25) is 0 Å². The fourth-order valence-electron chi connectivity index (χ4n) is 3.53. The molecule has 0 fully saturated rings. The Morgan fingerprint density at radius 1 is 1.07 bits per heavy atom. The lowest BCUT2D eigenvalue weighted by atomic mass is 10.1. The molecule has 0 atom stereocenters. The number of para-hydroxylation sites is 2. The first-order chi connectivity index (χ1) is 13.8. The minimum absolute atomic E-state index is 0.591. The number of fused-ring (bicyclic) bond motifs is 3. The van der Waals surface area contributed by atoms with Crippen molar-refractivity contribution in [2.75, 3.05) is 25.7 Å². The number of ether oxygens (including phenoxy) is 2. The molecule has 0 amide bonds. The van der Waals surface area contributed by atoms with E-state index in [2.05, 4.69) is 32.5 Å². The van der Waals surface area contributed by atoms with Gasteiger partial charge in [-0.05, 0) is 12.1 Å². The van der Waals surface area contributed by atoms with Crippen LogP contribution in [-0.4, -0.2) is 35.7 Å². The van der Waals surface area contributed by atoms with Crippen LogP contribution in [0, 0.1) is 0 Å². The van der Waals surface area contributed by atoms with Gasteiger partial charge in [-0.25, -0.2) is 9.97 Å². The molecule has 0 aliphatic carbocycles. The van der Waals surface area contributed by atoms with Crippen molar-refractivity contribution in [3.8, 4) is 11.5 Å². The van der Waals surface area contributed by atoms with E-state index < -0.39 is 0 Å². The molecular weight excluding hydrogens is 352 g/mol. The predicted molar refractivity (Wildman–Crippen MR) is 112 cm³/mol. The first-order valence-corrected chi connectivity index (χ1v) is 9.04. The molecule has 0 aliphatic rings. The number of aromatic amines is 1. The van der Waals surface area contributed by atoms with Gasteiger partial charge in [-0.1, -0.05) is 36.4 Å². The summed E-state index contributed by atoms with van der Waals surface area (Å²) in [6.07, 6.45) is 3.47. The first-order valence-electron chi connectivity index (χ1n) is 9.04. The minimum atomic E-state index is 0.591. The average Bonchev–Trinajstić information content (AvgIpc) is 3.12. The van der Waals surface area contributed by atoms with Gasteiger partial charge in [0.2, 0.25) is 0 Å². The predicted octanol–water partition coefficient (Wildman–Crippen LogP) is 4.32. The number of H-pyrrole nitrogens is 1. The lowest BCUT2D eigenvalue weighted by Crippen LogP contribution is -2.24. The summed E-state index contributed by atoms with van der Waals surface area (Å²) in [4.78, 5) is 14.7. The second-order valence-corrected chi connectivity index (χ2v) is 6.41. The minimum Gasteiger partial charge on any atom is -0.493 e. The van der Waals surface area contributed by atoms with Crippen molar-refractivity contribution >= 4 is 27.8 Å². The van der Waals surface area contributed by atoms with E-state index in [0.717, 1.165) is 39.1 Å². The number of methoxy groups -OCH3 is 2. The van der Waals surface area contributed by atoms with Crippen LogP contribution in [0.25, 0.3) is 21.9 Å². The third-order valence-corrected chi connectivity index (χ3v) is 4.76. The summed E-state index contributed by atoms with van der Waals surface area (Å²) in [5.41, 5.74) is 3.86. The summed E-state index contributed by atoms with van der Waals surface area (Å²) in [6.45, 7) is 5.13. The Labute approximate surface area is 163 Å². The Morgan fingerprint density at radius 3 is 2.71 bits per heavy atom. The van der Waals surface area contributed by atoms with Crippen molar-refractivity contribution in [1.82, 2.24) is 15.0 Å². The van der Waals surface area contributed by atoms with Gasteiger partial charge in [0.25, 0.3) is 0 Å². The third-order valence-electron chi connectivity index (χ3n) is 4.76. The van der Waals surface area contributed by atoms with E-state index in [1.165, 1.54) is 0 Å². The maximum Gasteiger partial charge on any atom is 0.165 e. The molecule has 4 rings (SSSR count). The zero-order valence-electron chi connectivity index (χ0n) is 16.0. The number of nitrogens with zero attached hydrogens (tertiary/aromatic N) is 3. The van der Waals surface area contributed by atoms with E-state index >= 15 is 0 Å². The van der Waals surface area contributed by atoms with Gasteiger partial charge in [0, 0.05) is 29.6 Å². The molecule has 6 heteroatoms. The summed E-state index contributed by atoms with van der Waals surface area (Å²) >= 11 is 0. The van der Waals surface area contributed by atoms with Crippen LogP contribution >= 0.6 is 0 Å². The van der Waals surface area contributed by atoms with E-state index in [1.54, 1.807) is 20.5 Å². The number of hydrogen-bond acceptors (Lipinski definition) is 5. The van der Waals surface area contributed by atoms with Gasteiger partial charge < -0.3 is 19.4 Å². The Kier molecular flexibility index (Phi) is 4.85. The van der Waals surface area contributed by atoms with E-state index in [9.17, 15) is 0 Å². The monoisotopic (exact) mass is 374 g/mol. The van der Waals surface area contributed by atoms with Gasteiger partial charge in [-0.3, -0.25) is 0 Å². The molecule has 6 nitrogen and oxygen atoms in total. The van der Waals surface area contributed by atoms with Gasteiger partial charge in [0.05, 0.1) is 14.2 Å². The molecule has 2 aromatic carbocycles. The van der Waals surface area contributed by atoms with Crippen LogP contribution < -0.4 is 14.4 Å². The molecule has 142 valence electrons. The molecule has 0 radical (unpaired) electrons. The highest BCUT2D eigenvalue weighted by atomic mass is 16.5. The second-order valence-electron chi connectivity index (χ2n) is 6.41. The van der Waals surface area contributed by atoms with Gasteiger partial charge >= 0.3 is 0 Å². The summed E-state index contributed by atoms with van der Waals surface area (Å²) < 4.78 is 11.0. The zero-order valence-corrected chi connectivity index (χ0v) is 16.0. The molecule has 1 N–H and O–H groups in total. The molecule has 0 saturated carbocycles. The molecule has 4 aromatic rings. The van der Waals surface area contributed by atoms with E-state index in [1.807, 2.05) is 42.5 Å². The SMILES string of the molecule is C=CCN(Cc1cccc(OC)c1OC)c1ncnc2c1[nH]c1ccccc12. The van der Waals surface area contributed by atoms with Crippen molar-refractivity contribution in [2.45, 2.75) is 6.54 Å². The fourth-order valence-corrected chi connectivity index (χ4v) is 3.53. The second kappa shape index (κ2) is 7.60. The van der Waals surface area contributed by atoms with Crippen molar-refractivity contribution in [1.29, 1.82) is 0 Å². The summed E-state index contributed by atoms with van der Waals surface area (Å²) in [6, 6.07) is 14.0. The maximum absolute atomic E-state index is 5.60. The molecule has 2 aromatic heterocycles. The fraction of sp³-hybridized carbons (Fsp3) is 0.182. The largest absolute Gasteiger partial charge is 0.493 e. The molecule has 2 heterocycles. The summed E-state index contributed by atoms with van der Waals surface area (Å²) in [5, 5.41) is 1.08. The van der Waals surface area contributed by atoms with Crippen LogP contribution in [0.1, 0.15) is 5.56 Å². The van der Waals surface area contributed by atoms with Crippen molar-refractivity contribution in [3.05, 3.63) is 67.0 Å². The average molecular weight is 374 g/mol. The standard InChI is InChI=1S/C22H22N4O2/c1-4-12-26(13-15-8-7-11-18(27-2)21(15)28-3)22-20-19(23-14-24-22)16-9-5-6-10-17(16)25-20/h4-11,14,25H,1,12-13H2,2-3H3. The number of anilines is 1. The van der Waals surface area contributed by atoms with Gasteiger partial charge in [-0.2, -0.15) is 0 Å². The van der Waals surface area contributed by atoms with E-state index in [0.29, 0.717) is 18.8 Å². The number of aromatic nitrogens is 3. The molecular formula is C22H22N4O2.